The summed E-state index contributed by atoms with van der Waals surface area (Å²) in [4.78, 5) is 2.44. The van der Waals surface area contributed by atoms with Crippen LogP contribution in [0.1, 0.15) is 0 Å². The van der Waals surface area contributed by atoms with Crippen LogP contribution in [0.25, 0.3) is 82.1 Å². The second kappa shape index (κ2) is 13.2. The molecule has 0 saturated carbocycles. The second-order valence-electron chi connectivity index (χ2n) is 14.5. The van der Waals surface area contributed by atoms with E-state index in [0.29, 0.717) is 0 Å². The van der Waals surface area contributed by atoms with E-state index >= 15 is 0 Å². The van der Waals surface area contributed by atoms with Crippen molar-refractivity contribution in [1.29, 1.82) is 0 Å². The molecule has 0 spiro atoms. The van der Waals surface area contributed by atoms with Crippen molar-refractivity contribution in [1.82, 2.24) is 4.57 Å². The molecular formula is C54H36N2. The molecule has 0 radical (unpaired) electrons. The highest BCUT2D eigenvalue weighted by Gasteiger charge is 2.20. The molecule has 1 aromatic heterocycles. The quantitative estimate of drug-likeness (QED) is 0.167. The molecule has 0 saturated heterocycles. The third-order valence-corrected chi connectivity index (χ3v) is 11.4. The van der Waals surface area contributed by atoms with Crippen molar-refractivity contribution in [3.05, 3.63) is 218 Å². The Morgan fingerprint density at radius 2 is 0.857 bits per heavy atom. The maximum Gasteiger partial charge on any atom is 0.0541 e. The molecule has 11 aromatic rings. The molecule has 0 atom stereocenters. The Morgan fingerprint density at radius 3 is 1.66 bits per heavy atom. The van der Waals surface area contributed by atoms with Gasteiger partial charge >= 0.3 is 0 Å². The van der Waals surface area contributed by atoms with Crippen LogP contribution >= 0.6 is 0 Å². The van der Waals surface area contributed by atoms with Crippen molar-refractivity contribution in [3.63, 3.8) is 0 Å². The zero-order chi connectivity index (χ0) is 37.0. The Labute approximate surface area is 325 Å². The normalized spacial score (nSPS) is 11.6. The lowest BCUT2D eigenvalue weighted by Gasteiger charge is -2.29. The first kappa shape index (κ1) is 32.0. The van der Waals surface area contributed by atoms with E-state index in [0.717, 1.165) is 17.1 Å². The average molecular weight is 713 g/mol. The molecule has 0 N–H and O–H groups in total. The number of hydrogen-bond acceptors (Lipinski definition) is 1. The first-order valence-electron chi connectivity index (χ1n) is 19.3. The molecule has 11 rings (SSSR count). The van der Waals surface area contributed by atoms with E-state index in [9.17, 15) is 0 Å². The summed E-state index contributed by atoms with van der Waals surface area (Å²) in [6.45, 7) is 0. The van der Waals surface area contributed by atoms with Crippen LogP contribution in [-0.4, -0.2) is 4.57 Å². The molecular weight excluding hydrogens is 677 g/mol. The van der Waals surface area contributed by atoms with E-state index in [4.69, 9.17) is 0 Å². The minimum atomic E-state index is 1.11. The molecule has 2 heteroatoms. The van der Waals surface area contributed by atoms with Crippen LogP contribution in [-0.2, 0) is 0 Å². The molecule has 0 aliphatic heterocycles. The van der Waals surface area contributed by atoms with E-state index in [1.54, 1.807) is 0 Å². The van der Waals surface area contributed by atoms with Gasteiger partial charge in [-0.3, -0.25) is 0 Å². The van der Waals surface area contributed by atoms with Crippen molar-refractivity contribution in [2.45, 2.75) is 0 Å². The van der Waals surface area contributed by atoms with Gasteiger partial charge in [-0.25, -0.2) is 0 Å². The number of nitrogens with zero attached hydrogens (tertiary/aromatic N) is 2. The highest BCUT2D eigenvalue weighted by Crippen LogP contribution is 2.45. The molecule has 10 aromatic carbocycles. The fourth-order valence-corrected chi connectivity index (χ4v) is 8.80. The minimum Gasteiger partial charge on any atom is -0.309 e. The first-order valence-corrected chi connectivity index (χ1v) is 19.3. The van der Waals surface area contributed by atoms with Gasteiger partial charge in [-0.1, -0.05) is 164 Å². The number of fused-ring (bicyclic) bond motifs is 6. The van der Waals surface area contributed by atoms with E-state index in [1.807, 2.05) is 0 Å². The van der Waals surface area contributed by atoms with E-state index in [2.05, 4.69) is 228 Å². The second-order valence-corrected chi connectivity index (χ2v) is 14.5. The van der Waals surface area contributed by atoms with Crippen molar-refractivity contribution < 1.29 is 0 Å². The van der Waals surface area contributed by atoms with Crippen LogP contribution in [0.4, 0.5) is 17.1 Å². The van der Waals surface area contributed by atoms with Crippen LogP contribution < -0.4 is 4.90 Å². The van der Waals surface area contributed by atoms with Crippen molar-refractivity contribution in [2.24, 2.45) is 0 Å². The summed E-state index contributed by atoms with van der Waals surface area (Å²) in [6, 6.07) is 79.5. The predicted octanol–water partition coefficient (Wildman–Crippen LogP) is 15.0. The lowest BCUT2D eigenvalue weighted by molar-refractivity contribution is 1.18. The van der Waals surface area contributed by atoms with E-state index < -0.39 is 0 Å². The van der Waals surface area contributed by atoms with Gasteiger partial charge in [0.15, 0.2) is 0 Å². The molecule has 0 aliphatic rings. The van der Waals surface area contributed by atoms with Crippen molar-refractivity contribution in [3.8, 4) is 27.9 Å². The number of hydrogen-bond donors (Lipinski definition) is 0. The number of benzene rings is 10. The topological polar surface area (TPSA) is 8.17 Å². The monoisotopic (exact) mass is 712 g/mol. The molecule has 2 nitrogen and oxygen atoms in total. The number of anilines is 3. The molecule has 1 heterocycles. The standard InChI is InChI=1S/C54H36N2/c1-2-18-41(19-3-1)55-52-26-11-10-24-49(52)50-36-40(30-34-54(50)55)45-33-35-53(48-23-9-8-22-47(45)48)56(51-27-13-17-38-15-5-7-21-46(38)51)42-31-28-39(29-32-42)44-25-12-16-37-14-4-6-20-43(37)44/h1-36H. The largest absolute Gasteiger partial charge is 0.309 e. The molecule has 0 aliphatic carbocycles. The number of aromatic nitrogens is 1. The summed E-state index contributed by atoms with van der Waals surface area (Å²) in [5.41, 5.74) is 11.8. The molecule has 56 heavy (non-hydrogen) atoms. The molecule has 0 fully saturated rings. The van der Waals surface area contributed by atoms with Gasteiger partial charge in [0.05, 0.1) is 22.4 Å². The Bertz CT molecular complexity index is 3240. The molecule has 262 valence electrons. The van der Waals surface area contributed by atoms with Crippen LogP contribution in [0.3, 0.4) is 0 Å². The Hall–Kier alpha value is -7.42. The van der Waals surface area contributed by atoms with Crippen LogP contribution in [0.2, 0.25) is 0 Å². The van der Waals surface area contributed by atoms with Gasteiger partial charge < -0.3 is 9.47 Å². The van der Waals surface area contributed by atoms with Gasteiger partial charge in [-0.2, -0.15) is 0 Å². The molecule has 0 unspecified atom stereocenters. The maximum absolute atomic E-state index is 2.44. The Morgan fingerprint density at radius 1 is 0.304 bits per heavy atom. The van der Waals surface area contributed by atoms with E-state index in [-0.39, 0.29) is 0 Å². The van der Waals surface area contributed by atoms with Gasteiger partial charge in [0, 0.05) is 32.9 Å². The van der Waals surface area contributed by atoms with E-state index in [1.165, 1.54) is 82.1 Å². The smallest absolute Gasteiger partial charge is 0.0541 e. The third kappa shape index (κ3) is 5.19. The number of para-hydroxylation sites is 2. The van der Waals surface area contributed by atoms with Crippen LogP contribution in [0.15, 0.2) is 218 Å². The number of rotatable bonds is 6. The lowest BCUT2D eigenvalue weighted by atomic mass is 9.94. The van der Waals surface area contributed by atoms with Gasteiger partial charge in [0.1, 0.15) is 0 Å². The summed E-state index contributed by atoms with van der Waals surface area (Å²) in [5, 5.41) is 9.85. The van der Waals surface area contributed by atoms with Crippen LogP contribution in [0, 0.1) is 0 Å². The molecule has 0 bridgehead atoms. The first-order chi connectivity index (χ1) is 27.8. The fourth-order valence-electron chi connectivity index (χ4n) is 8.80. The lowest BCUT2D eigenvalue weighted by Crippen LogP contribution is -2.11. The van der Waals surface area contributed by atoms with Crippen molar-refractivity contribution in [2.75, 3.05) is 4.90 Å². The zero-order valence-corrected chi connectivity index (χ0v) is 30.7. The highest BCUT2D eigenvalue weighted by atomic mass is 15.1. The summed E-state index contributed by atoms with van der Waals surface area (Å²) < 4.78 is 2.38. The Kier molecular flexibility index (Phi) is 7.53. The average Bonchev–Trinajstić information content (AvgIpc) is 3.60. The summed E-state index contributed by atoms with van der Waals surface area (Å²) in [5.74, 6) is 0. The van der Waals surface area contributed by atoms with Gasteiger partial charge in [0.2, 0.25) is 0 Å². The van der Waals surface area contributed by atoms with Crippen LogP contribution in [0.5, 0.6) is 0 Å². The summed E-state index contributed by atoms with van der Waals surface area (Å²) >= 11 is 0. The maximum atomic E-state index is 2.44. The van der Waals surface area contributed by atoms with Crippen molar-refractivity contribution >= 4 is 71.2 Å². The van der Waals surface area contributed by atoms with Gasteiger partial charge in [-0.05, 0) is 98.4 Å². The predicted molar refractivity (Wildman–Crippen MR) is 239 cm³/mol. The fraction of sp³-hybridized carbons (Fsp3) is 0. The van der Waals surface area contributed by atoms with Gasteiger partial charge in [-0.15, -0.1) is 0 Å². The zero-order valence-electron chi connectivity index (χ0n) is 30.7. The summed E-state index contributed by atoms with van der Waals surface area (Å²) in [7, 11) is 0. The minimum absolute atomic E-state index is 1.11. The third-order valence-electron chi connectivity index (χ3n) is 11.4. The highest BCUT2D eigenvalue weighted by molar-refractivity contribution is 6.13. The SMILES string of the molecule is c1ccc(-n2c3ccccc3c3cc(-c4ccc(N(c5ccc(-c6cccc7ccccc67)cc5)c5cccc6ccccc56)c5ccccc45)ccc32)cc1. The molecule has 0 amide bonds. The summed E-state index contributed by atoms with van der Waals surface area (Å²) in [6.07, 6.45) is 0. The van der Waals surface area contributed by atoms with Gasteiger partial charge in [0.25, 0.3) is 0 Å². The Balaban J connectivity index is 1.09.